The van der Waals surface area contributed by atoms with Gasteiger partial charge < -0.3 is 9.73 Å². The second-order valence-corrected chi connectivity index (χ2v) is 7.45. The normalized spacial score (nSPS) is 11.1. The van der Waals surface area contributed by atoms with Crippen molar-refractivity contribution < 1.29 is 22.6 Å². The van der Waals surface area contributed by atoms with Crippen molar-refractivity contribution in [2.24, 2.45) is 0 Å². The highest BCUT2D eigenvalue weighted by Gasteiger charge is 2.15. The van der Waals surface area contributed by atoms with E-state index < -0.39 is 20.9 Å². The minimum Gasteiger partial charge on any atom is -0.468 e. The summed E-state index contributed by atoms with van der Waals surface area (Å²) in [6, 6.07) is 14.1. The van der Waals surface area contributed by atoms with Crippen LogP contribution in [0.25, 0.3) is 0 Å². The lowest BCUT2D eigenvalue weighted by atomic mass is 10.2. The Labute approximate surface area is 160 Å². The highest BCUT2D eigenvalue weighted by Crippen LogP contribution is 2.17. The topological polar surface area (TPSA) is 132 Å². The molecule has 2 N–H and O–H groups in total. The van der Waals surface area contributed by atoms with E-state index in [0.29, 0.717) is 11.4 Å². The summed E-state index contributed by atoms with van der Waals surface area (Å²) in [6.45, 7) is 0.0218. The van der Waals surface area contributed by atoms with E-state index in [1.165, 1.54) is 54.8 Å². The Morgan fingerprint density at radius 3 is 2.29 bits per heavy atom. The maximum atomic E-state index is 12.3. The smallest absolute Gasteiger partial charge is 0.269 e. The number of amides is 1. The van der Waals surface area contributed by atoms with Gasteiger partial charge in [-0.05, 0) is 48.5 Å². The molecule has 9 nitrogen and oxygen atoms in total. The predicted octanol–water partition coefficient (Wildman–Crippen LogP) is 2.92. The van der Waals surface area contributed by atoms with Crippen LogP contribution in [-0.4, -0.2) is 19.2 Å². The molecule has 0 aliphatic heterocycles. The van der Waals surface area contributed by atoms with Crippen molar-refractivity contribution in [3.63, 3.8) is 0 Å². The molecule has 28 heavy (non-hydrogen) atoms. The van der Waals surface area contributed by atoms with Gasteiger partial charge in [-0.3, -0.25) is 14.9 Å². The van der Waals surface area contributed by atoms with Crippen molar-refractivity contribution >= 4 is 27.3 Å². The molecule has 2 aromatic carbocycles. The summed E-state index contributed by atoms with van der Waals surface area (Å²) in [7, 11) is -3.73. The molecule has 0 saturated carbocycles. The number of nitrogens with one attached hydrogen (secondary N) is 2. The number of anilines is 1. The first-order valence-electron chi connectivity index (χ1n) is 8.03. The third kappa shape index (κ3) is 4.61. The SMILES string of the molecule is O=C(Nc1ccc(S(=O)(=O)NCc2ccco2)cc1)c1ccc([N+](=O)[O-])cc1. The molecule has 0 bridgehead atoms. The van der Waals surface area contributed by atoms with E-state index in [9.17, 15) is 23.3 Å². The average Bonchev–Trinajstić information content (AvgIpc) is 3.21. The zero-order valence-corrected chi connectivity index (χ0v) is 15.2. The van der Waals surface area contributed by atoms with Crippen molar-refractivity contribution in [2.45, 2.75) is 11.4 Å². The van der Waals surface area contributed by atoms with Gasteiger partial charge in [0.2, 0.25) is 10.0 Å². The molecule has 0 unspecified atom stereocenters. The van der Waals surface area contributed by atoms with E-state index in [0.717, 1.165) is 0 Å². The molecule has 1 heterocycles. The fourth-order valence-electron chi connectivity index (χ4n) is 2.32. The van der Waals surface area contributed by atoms with Gasteiger partial charge in [0, 0.05) is 23.4 Å². The van der Waals surface area contributed by atoms with Crippen LogP contribution in [-0.2, 0) is 16.6 Å². The van der Waals surface area contributed by atoms with Crippen LogP contribution in [0.2, 0.25) is 0 Å². The minimum absolute atomic E-state index is 0.0218. The number of nitro benzene ring substituents is 1. The number of carbonyl (C=O) groups excluding carboxylic acids is 1. The van der Waals surface area contributed by atoms with Crippen LogP contribution in [0.4, 0.5) is 11.4 Å². The fraction of sp³-hybridized carbons (Fsp3) is 0.0556. The number of benzene rings is 2. The Kier molecular flexibility index (Phi) is 5.52. The highest BCUT2D eigenvalue weighted by molar-refractivity contribution is 7.89. The number of non-ortho nitro benzene ring substituents is 1. The van der Waals surface area contributed by atoms with Crippen LogP contribution < -0.4 is 10.0 Å². The number of rotatable bonds is 7. The average molecular weight is 401 g/mol. The standard InChI is InChI=1S/C18H15N3O6S/c22-18(13-3-7-15(8-4-13)21(23)24)20-14-5-9-17(10-6-14)28(25,26)19-12-16-2-1-11-27-16/h1-11,19H,12H2,(H,20,22). The lowest BCUT2D eigenvalue weighted by molar-refractivity contribution is -0.384. The molecule has 0 aliphatic carbocycles. The van der Waals surface area contributed by atoms with Gasteiger partial charge in [0.1, 0.15) is 5.76 Å². The lowest BCUT2D eigenvalue weighted by Gasteiger charge is -2.08. The van der Waals surface area contributed by atoms with E-state index in [4.69, 9.17) is 4.42 Å². The molecule has 10 heteroatoms. The molecule has 0 spiro atoms. The van der Waals surface area contributed by atoms with Crippen LogP contribution in [0.1, 0.15) is 16.1 Å². The first-order valence-corrected chi connectivity index (χ1v) is 9.51. The zero-order chi connectivity index (χ0) is 20.1. The summed E-state index contributed by atoms with van der Waals surface area (Å²) >= 11 is 0. The molecule has 144 valence electrons. The van der Waals surface area contributed by atoms with E-state index in [1.807, 2.05) is 0 Å². The molecule has 3 aromatic rings. The Bertz CT molecular complexity index is 1080. The summed E-state index contributed by atoms with van der Waals surface area (Å²) in [5.74, 6) is 0.0111. The maximum Gasteiger partial charge on any atom is 0.269 e. The van der Waals surface area contributed by atoms with Crippen molar-refractivity contribution in [3.8, 4) is 0 Å². The minimum atomic E-state index is -3.73. The molecule has 0 saturated heterocycles. The quantitative estimate of drug-likeness (QED) is 0.462. The van der Waals surface area contributed by atoms with Gasteiger partial charge in [-0.1, -0.05) is 0 Å². The number of hydrogen-bond donors (Lipinski definition) is 2. The number of furan rings is 1. The zero-order valence-electron chi connectivity index (χ0n) is 14.4. The summed E-state index contributed by atoms with van der Waals surface area (Å²) < 4.78 is 32.0. The second-order valence-electron chi connectivity index (χ2n) is 5.69. The van der Waals surface area contributed by atoms with Gasteiger partial charge >= 0.3 is 0 Å². The van der Waals surface area contributed by atoms with Crippen LogP contribution >= 0.6 is 0 Å². The second kappa shape index (κ2) is 8.03. The van der Waals surface area contributed by atoms with Crippen molar-refractivity contribution in [2.75, 3.05) is 5.32 Å². The van der Waals surface area contributed by atoms with Crippen molar-refractivity contribution in [1.29, 1.82) is 0 Å². The third-order valence-corrected chi connectivity index (χ3v) is 5.20. The van der Waals surface area contributed by atoms with E-state index in [-0.39, 0.29) is 22.7 Å². The number of nitro groups is 1. The lowest BCUT2D eigenvalue weighted by Crippen LogP contribution is -2.23. The number of carbonyl (C=O) groups is 1. The summed E-state index contributed by atoms with van der Waals surface area (Å²) in [4.78, 5) is 22.3. The van der Waals surface area contributed by atoms with Gasteiger partial charge in [-0.2, -0.15) is 0 Å². The number of hydrogen-bond acceptors (Lipinski definition) is 6. The fourth-order valence-corrected chi connectivity index (χ4v) is 3.31. The molecule has 0 aliphatic rings. The largest absolute Gasteiger partial charge is 0.468 e. The summed E-state index contributed by atoms with van der Waals surface area (Å²) in [6.07, 6.45) is 1.45. The first kappa shape index (κ1) is 19.3. The number of sulfonamides is 1. The van der Waals surface area contributed by atoms with E-state index in [2.05, 4.69) is 10.0 Å². The molecule has 0 fully saturated rings. The van der Waals surface area contributed by atoms with Gasteiger partial charge in [-0.25, -0.2) is 13.1 Å². The van der Waals surface area contributed by atoms with Gasteiger partial charge in [0.25, 0.3) is 11.6 Å². The predicted molar refractivity (Wildman–Crippen MR) is 100 cm³/mol. The Hall–Kier alpha value is -3.50. The van der Waals surface area contributed by atoms with Crippen LogP contribution in [0.5, 0.6) is 0 Å². The van der Waals surface area contributed by atoms with Gasteiger partial charge in [-0.15, -0.1) is 0 Å². The third-order valence-electron chi connectivity index (χ3n) is 3.78. The molecular formula is C18H15N3O6S. The molecule has 0 radical (unpaired) electrons. The van der Waals surface area contributed by atoms with Crippen molar-refractivity contribution in [3.05, 3.63) is 88.4 Å². The van der Waals surface area contributed by atoms with Crippen LogP contribution in [0, 0.1) is 10.1 Å². The Balaban J connectivity index is 1.64. The summed E-state index contributed by atoms with van der Waals surface area (Å²) in [5.41, 5.74) is 0.504. The monoisotopic (exact) mass is 401 g/mol. The van der Waals surface area contributed by atoms with Gasteiger partial charge in [0.05, 0.1) is 22.6 Å². The Morgan fingerprint density at radius 2 is 1.71 bits per heavy atom. The van der Waals surface area contributed by atoms with Crippen LogP contribution in [0.3, 0.4) is 0 Å². The van der Waals surface area contributed by atoms with Crippen molar-refractivity contribution in [1.82, 2.24) is 4.72 Å². The summed E-state index contributed by atoms with van der Waals surface area (Å²) in [5, 5.41) is 13.2. The molecular weight excluding hydrogens is 386 g/mol. The molecule has 3 rings (SSSR count). The Morgan fingerprint density at radius 1 is 1.04 bits per heavy atom. The van der Waals surface area contributed by atoms with E-state index >= 15 is 0 Å². The highest BCUT2D eigenvalue weighted by atomic mass is 32.2. The molecule has 0 atom stereocenters. The maximum absolute atomic E-state index is 12.3. The van der Waals surface area contributed by atoms with Gasteiger partial charge in [0.15, 0.2) is 0 Å². The molecule has 1 aromatic heterocycles. The van der Waals surface area contributed by atoms with Crippen LogP contribution in [0.15, 0.2) is 76.2 Å². The molecule has 1 amide bonds. The van der Waals surface area contributed by atoms with E-state index in [1.54, 1.807) is 12.1 Å². The first-order chi connectivity index (χ1) is 13.3. The number of nitrogens with zero attached hydrogens (tertiary/aromatic N) is 1.